The number of amidine groups is 2. The number of aliphatic hydroxyl groups is 1. The Bertz CT molecular complexity index is 1110. The number of carbonyl (C=O) groups excluding carboxylic acids is 1. The molecule has 35 heavy (non-hydrogen) atoms. The monoisotopic (exact) mass is 549 g/mol. The average molecular weight is 550 g/mol. The SMILES string of the molecule is CCOC(=O)C1=C(CN2CCO[C@H](C(C)(C)O)C2)NC(C2=NCC=N2)=NC1c1ccc(F)cc1Br. The maximum Gasteiger partial charge on any atom is 0.338 e. The molecular formula is C24H29BrFN5O4. The molecule has 2 N–H and O–H groups in total. The fourth-order valence-electron chi connectivity index (χ4n) is 4.16. The number of nitrogens with zero attached hydrogens (tertiary/aromatic N) is 4. The van der Waals surface area contributed by atoms with Gasteiger partial charge in [0.1, 0.15) is 11.9 Å². The summed E-state index contributed by atoms with van der Waals surface area (Å²) in [5, 5.41) is 13.7. The lowest BCUT2D eigenvalue weighted by Crippen LogP contribution is -2.53. The van der Waals surface area contributed by atoms with Gasteiger partial charge in [0.2, 0.25) is 0 Å². The summed E-state index contributed by atoms with van der Waals surface area (Å²) in [7, 11) is 0. The van der Waals surface area contributed by atoms with Crippen LogP contribution in [0.15, 0.2) is 48.9 Å². The first-order valence-corrected chi connectivity index (χ1v) is 12.3. The second kappa shape index (κ2) is 10.7. The molecule has 1 fully saturated rings. The van der Waals surface area contributed by atoms with Gasteiger partial charge in [-0.1, -0.05) is 22.0 Å². The van der Waals surface area contributed by atoms with Crippen molar-refractivity contribution in [3.05, 3.63) is 45.3 Å². The standard InChI is InChI=1S/C24H29BrFN5O4/c1-4-34-23(32)19-17(12-31-9-10-35-18(13-31)24(2,3)33)29-22(21-27-7-8-28-21)30-20(19)15-6-5-14(26)11-16(15)25/h5-7,11,18,20,33H,4,8-10,12-13H2,1-3H3,(H,29,30)/t18-,20?/m0/s1. The molecule has 0 aliphatic carbocycles. The molecule has 3 aliphatic rings. The maximum absolute atomic E-state index is 13.9. The van der Waals surface area contributed by atoms with Crippen LogP contribution >= 0.6 is 15.9 Å². The minimum absolute atomic E-state index is 0.193. The van der Waals surface area contributed by atoms with E-state index in [1.165, 1.54) is 12.1 Å². The third kappa shape index (κ3) is 5.85. The number of carbonyl (C=O) groups is 1. The summed E-state index contributed by atoms with van der Waals surface area (Å²) in [6, 6.07) is 3.52. The van der Waals surface area contributed by atoms with Crippen molar-refractivity contribution in [1.82, 2.24) is 10.2 Å². The first kappa shape index (κ1) is 25.6. The summed E-state index contributed by atoms with van der Waals surface area (Å²) in [5.41, 5.74) is 0.524. The van der Waals surface area contributed by atoms with Crippen LogP contribution in [-0.2, 0) is 14.3 Å². The molecule has 0 aromatic heterocycles. The summed E-state index contributed by atoms with van der Waals surface area (Å²) < 4.78 is 25.5. The molecule has 0 bridgehead atoms. The number of hydrogen-bond acceptors (Lipinski definition) is 9. The van der Waals surface area contributed by atoms with Crippen LogP contribution in [0.4, 0.5) is 4.39 Å². The Morgan fingerprint density at radius 1 is 1.43 bits per heavy atom. The minimum atomic E-state index is -1.02. The lowest BCUT2D eigenvalue weighted by atomic mass is 9.94. The van der Waals surface area contributed by atoms with Crippen LogP contribution in [-0.4, -0.2) is 85.0 Å². The van der Waals surface area contributed by atoms with Gasteiger partial charge in [-0.15, -0.1) is 0 Å². The molecule has 3 heterocycles. The van der Waals surface area contributed by atoms with Gasteiger partial charge in [0.05, 0.1) is 37.0 Å². The Hall–Kier alpha value is -2.47. The zero-order chi connectivity index (χ0) is 25.2. The molecule has 0 amide bonds. The number of halogens is 2. The van der Waals surface area contributed by atoms with E-state index in [-0.39, 0.29) is 12.7 Å². The van der Waals surface area contributed by atoms with Crippen LogP contribution in [0.25, 0.3) is 0 Å². The molecular weight excluding hydrogens is 521 g/mol. The summed E-state index contributed by atoms with van der Waals surface area (Å²) in [6.07, 6.45) is 1.30. The molecule has 11 heteroatoms. The second-order valence-corrected chi connectivity index (χ2v) is 9.86. The number of hydrogen-bond donors (Lipinski definition) is 2. The Morgan fingerprint density at radius 2 is 2.23 bits per heavy atom. The van der Waals surface area contributed by atoms with E-state index in [1.807, 2.05) is 0 Å². The predicted molar refractivity (Wildman–Crippen MR) is 134 cm³/mol. The van der Waals surface area contributed by atoms with Gasteiger partial charge < -0.3 is 19.9 Å². The summed E-state index contributed by atoms with van der Waals surface area (Å²) in [4.78, 5) is 28.8. The van der Waals surface area contributed by atoms with Gasteiger partial charge in [0.15, 0.2) is 11.7 Å². The zero-order valence-corrected chi connectivity index (χ0v) is 21.5. The Labute approximate surface area is 212 Å². The van der Waals surface area contributed by atoms with Gasteiger partial charge in [-0.05, 0) is 38.5 Å². The average Bonchev–Trinajstić information content (AvgIpc) is 3.33. The van der Waals surface area contributed by atoms with Crippen molar-refractivity contribution in [2.75, 3.05) is 39.4 Å². The van der Waals surface area contributed by atoms with Crippen LogP contribution in [0.2, 0.25) is 0 Å². The summed E-state index contributed by atoms with van der Waals surface area (Å²) in [5.74, 6) is -0.0557. The van der Waals surface area contributed by atoms with E-state index in [4.69, 9.17) is 14.5 Å². The molecule has 0 radical (unpaired) electrons. The Balaban J connectivity index is 1.77. The highest BCUT2D eigenvalue weighted by Gasteiger charge is 2.37. The van der Waals surface area contributed by atoms with Gasteiger partial charge in [-0.2, -0.15) is 0 Å². The quantitative estimate of drug-likeness (QED) is 0.505. The highest BCUT2D eigenvalue weighted by atomic mass is 79.9. The van der Waals surface area contributed by atoms with Gasteiger partial charge in [-0.3, -0.25) is 14.9 Å². The molecule has 0 spiro atoms. The van der Waals surface area contributed by atoms with Crippen molar-refractivity contribution in [3.63, 3.8) is 0 Å². The molecule has 1 unspecified atom stereocenters. The van der Waals surface area contributed by atoms with Crippen molar-refractivity contribution < 1.29 is 23.8 Å². The molecule has 4 rings (SSSR count). The lowest BCUT2D eigenvalue weighted by Gasteiger charge is -2.39. The van der Waals surface area contributed by atoms with Crippen LogP contribution in [0, 0.1) is 5.82 Å². The van der Waals surface area contributed by atoms with E-state index in [1.54, 1.807) is 33.1 Å². The number of rotatable bonds is 7. The largest absolute Gasteiger partial charge is 0.463 e. The van der Waals surface area contributed by atoms with E-state index < -0.39 is 23.4 Å². The molecule has 188 valence electrons. The fraction of sp³-hybridized carbons (Fsp3) is 0.500. The molecule has 0 saturated carbocycles. The van der Waals surface area contributed by atoms with Crippen molar-refractivity contribution >= 4 is 39.8 Å². The van der Waals surface area contributed by atoms with Gasteiger partial charge in [0, 0.05) is 36.0 Å². The van der Waals surface area contributed by atoms with Crippen molar-refractivity contribution in [1.29, 1.82) is 0 Å². The molecule has 1 aromatic rings. The smallest absolute Gasteiger partial charge is 0.338 e. The van der Waals surface area contributed by atoms with Crippen LogP contribution in [0.5, 0.6) is 0 Å². The first-order chi connectivity index (χ1) is 16.7. The van der Waals surface area contributed by atoms with Crippen molar-refractivity contribution in [2.45, 2.75) is 38.5 Å². The molecule has 1 aromatic carbocycles. The Morgan fingerprint density at radius 3 is 2.89 bits per heavy atom. The number of benzene rings is 1. The fourth-order valence-corrected chi connectivity index (χ4v) is 4.73. The van der Waals surface area contributed by atoms with E-state index in [0.717, 1.165) is 0 Å². The second-order valence-electron chi connectivity index (χ2n) is 9.01. The van der Waals surface area contributed by atoms with E-state index in [0.29, 0.717) is 65.8 Å². The van der Waals surface area contributed by atoms with Crippen LogP contribution in [0.1, 0.15) is 32.4 Å². The molecule has 9 nitrogen and oxygen atoms in total. The van der Waals surface area contributed by atoms with Crippen molar-refractivity contribution in [3.8, 4) is 0 Å². The maximum atomic E-state index is 13.9. The topological polar surface area (TPSA) is 108 Å². The highest BCUT2D eigenvalue weighted by Crippen LogP contribution is 2.36. The van der Waals surface area contributed by atoms with Gasteiger partial charge in [0.25, 0.3) is 0 Å². The summed E-state index contributed by atoms with van der Waals surface area (Å²) in [6.45, 7) is 7.70. The van der Waals surface area contributed by atoms with Crippen LogP contribution in [0.3, 0.4) is 0 Å². The van der Waals surface area contributed by atoms with Crippen LogP contribution < -0.4 is 5.32 Å². The van der Waals surface area contributed by atoms with Gasteiger partial charge >= 0.3 is 5.97 Å². The molecule has 1 saturated heterocycles. The Kier molecular flexibility index (Phi) is 7.80. The highest BCUT2D eigenvalue weighted by molar-refractivity contribution is 9.10. The lowest BCUT2D eigenvalue weighted by molar-refractivity contribution is -0.139. The minimum Gasteiger partial charge on any atom is -0.463 e. The zero-order valence-electron chi connectivity index (χ0n) is 19.9. The number of ether oxygens (including phenoxy) is 2. The number of morpholine rings is 1. The third-order valence-corrected chi connectivity index (χ3v) is 6.63. The number of aliphatic imine (C=N–C) groups is 3. The normalized spacial score (nSPS) is 23.1. The van der Waals surface area contributed by atoms with E-state index in [2.05, 4.69) is 36.1 Å². The number of esters is 1. The number of nitrogens with one attached hydrogen (secondary N) is 1. The van der Waals surface area contributed by atoms with Crippen molar-refractivity contribution in [2.24, 2.45) is 15.0 Å². The molecule has 3 aliphatic heterocycles. The molecule has 2 atom stereocenters. The third-order valence-electron chi connectivity index (χ3n) is 5.95. The first-order valence-electron chi connectivity index (χ1n) is 11.5. The van der Waals surface area contributed by atoms with E-state index >= 15 is 0 Å². The van der Waals surface area contributed by atoms with Gasteiger partial charge in [-0.25, -0.2) is 14.2 Å². The summed E-state index contributed by atoms with van der Waals surface area (Å²) >= 11 is 3.43. The van der Waals surface area contributed by atoms with E-state index in [9.17, 15) is 14.3 Å². The predicted octanol–water partition coefficient (Wildman–Crippen LogP) is 2.40.